The van der Waals surface area contributed by atoms with Crippen molar-refractivity contribution in [2.45, 2.75) is 20.3 Å². The van der Waals surface area contributed by atoms with Gasteiger partial charge in [-0.15, -0.1) is 0 Å². The lowest BCUT2D eigenvalue weighted by molar-refractivity contribution is 0.607. The molecule has 2 N–H and O–H groups in total. The SMILES string of the molecule is CC(C)CCNc1ccc(=O)[nH]c1. The molecule has 0 aliphatic heterocycles. The number of pyridine rings is 1. The van der Waals surface area contributed by atoms with Gasteiger partial charge in [0.05, 0.1) is 5.69 Å². The average Bonchev–Trinajstić information content (AvgIpc) is 2.08. The van der Waals surface area contributed by atoms with Crippen molar-refractivity contribution in [1.82, 2.24) is 4.98 Å². The summed E-state index contributed by atoms with van der Waals surface area (Å²) in [6, 6.07) is 3.32. The van der Waals surface area contributed by atoms with Crippen molar-refractivity contribution in [3.63, 3.8) is 0 Å². The Balaban J connectivity index is 2.37. The number of H-pyrrole nitrogens is 1. The molecule has 0 saturated heterocycles. The van der Waals surface area contributed by atoms with E-state index in [0.29, 0.717) is 5.92 Å². The lowest BCUT2D eigenvalue weighted by atomic mass is 10.1. The summed E-state index contributed by atoms with van der Waals surface area (Å²) in [6.45, 7) is 5.33. The highest BCUT2D eigenvalue weighted by Gasteiger charge is 1.94. The first kappa shape index (κ1) is 9.84. The Labute approximate surface area is 78.2 Å². The summed E-state index contributed by atoms with van der Waals surface area (Å²) in [6.07, 6.45) is 2.84. The summed E-state index contributed by atoms with van der Waals surface area (Å²) < 4.78 is 0. The van der Waals surface area contributed by atoms with Crippen LogP contribution in [0.2, 0.25) is 0 Å². The zero-order valence-electron chi connectivity index (χ0n) is 8.13. The van der Waals surface area contributed by atoms with E-state index in [9.17, 15) is 4.79 Å². The lowest BCUT2D eigenvalue weighted by Crippen LogP contribution is -2.08. The van der Waals surface area contributed by atoms with Crippen LogP contribution in [0, 0.1) is 5.92 Å². The molecule has 0 unspecified atom stereocenters. The summed E-state index contributed by atoms with van der Waals surface area (Å²) in [5.74, 6) is 0.704. The molecule has 0 atom stereocenters. The molecule has 0 radical (unpaired) electrons. The van der Waals surface area contributed by atoms with Gasteiger partial charge in [-0.05, 0) is 18.4 Å². The molecule has 3 nitrogen and oxygen atoms in total. The van der Waals surface area contributed by atoms with Gasteiger partial charge in [0.1, 0.15) is 0 Å². The highest BCUT2D eigenvalue weighted by molar-refractivity contribution is 5.39. The van der Waals surface area contributed by atoms with Gasteiger partial charge in [-0.25, -0.2) is 0 Å². The highest BCUT2D eigenvalue weighted by atomic mass is 16.1. The molecule has 1 heterocycles. The molecule has 0 spiro atoms. The standard InChI is InChI=1S/C10H16N2O/c1-8(2)5-6-11-9-3-4-10(13)12-7-9/h3-4,7-8,11H,5-6H2,1-2H3,(H,12,13). The van der Waals surface area contributed by atoms with Crippen molar-refractivity contribution in [3.05, 3.63) is 28.7 Å². The summed E-state index contributed by atoms with van der Waals surface area (Å²) >= 11 is 0. The van der Waals surface area contributed by atoms with E-state index in [-0.39, 0.29) is 5.56 Å². The Hall–Kier alpha value is -1.25. The molecule has 0 aliphatic carbocycles. The molecule has 0 aliphatic rings. The van der Waals surface area contributed by atoms with Crippen molar-refractivity contribution in [3.8, 4) is 0 Å². The smallest absolute Gasteiger partial charge is 0.248 e. The number of rotatable bonds is 4. The molecule has 0 fully saturated rings. The Bertz CT molecular complexity index is 284. The molecule has 3 heteroatoms. The summed E-state index contributed by atoms with van der Waals surface area (Å²) in [5.41, 5.74) is 0.912. The van der Waals surface area contributed by atoms with Crippen molar-refractivity contribution in [1.29, 1.82) is 0 Å². The lowest BCUT2D eigenvalue weighted by Gasteiger charge is -2.07. The van der Waals surface area contributed by atoms with Gasteiger partial charge in [0.25, 0.3) is 0 Å². The Morgan fingerprint density at radius 1 is 1.46 bits per heavy atom. The number of nitrogens with one attached hydrogen (secondary N) is 2. The number of aromatic amines is 1. The molecule has 1 rings (SSSR count). The van der Waals surface area contributed by atoms with E-state index in [2.05, 4.69) is 24.1 Å². The zero-order valence-corrected chi connectivity index (χ0v) is 8.13. The second-order valence-electron chi connectivity index (χ2n) is 3.55. The van der Waals surface area contributed by atoms with Gasteiger partial charge >= 0.3 is 0 Å². The molecule has 1 aromatic heterocycles. The van der Waals surface area contributed by atoms with E-state index >= 15 is 0 Å². The first-order valence-electron chi connectivity index (χ1n) is 4.61. The zero-order chi connectivity index (χ0) is 9.68. The average molecular weight is 180 g/mol. The van der Waals surface area contributed by atoms with Crippen LogP contribution < -0.4 is 10.9 Å². The monoisotopic (exact) mass is 180 g/mol. The molecular weight excluding hydrogens is 164 g/mol. The van der Waals surface area contributed by atoms with Crippen LogP contribution in [-0.4, -0.2) is 11.5 Å². The molecule has 0 aromatic carbocycles. The van der Waals surface area contributed by atoms with E-state index in [0.717, 1.165) is 18.7 Å². The van der Waals surface area contributed by atoms with Gasteiger partial charge < -0.3 is 10.3 Å². The third-order valence-corrected chi connectivity index (χ3v) is 1.84. The van der Waals surface area contributed by atoms with E-state index < -0.39 is 0 Å². The minimum Gasteiger partial charge on any atom is -0.384 e. The maximum atomic E-state index is 10.7. The van der Waals surface area contributed by atoms with Crippen molar-refractivity contribution in [2.75, 3.05) is 11.9 Å². The summed E-state index contributed by atoms with van der Waals surface area (Å²) in [4.78, 5) is 13.3. The fraction of sp³-hybridized carbons (Fsp3) is 0.500. The predicted molar refractivity (Wildman–Crippen MR) is 55.0 cm³/mol. The molecule has 13 heavy (non-hydrogen) atoms. The molecular formula is C10H16N2O. The van der Waals surface area contributed by atoms with Gasteiger partial charge in [0, 0.05) is 18.8 Å². The Morgan fingerprint density at radius 2 is 2.23 bits per heavy atom. The van der Waals surface area contributed by atoms with Gasteiger partial charge in [-0.2, -0.15) is 0 Å². The molecule has 72 valence electrons. The van der Waals surface area contributed by atoms with Crippen LogP contribution in [0.1, 0.15) is 20.3 Å². The summed E-state index contributed by atoms with van der Waals surface area (Å²) in [5, 5.41) is 3.23. The van der Waals surface area contributed by atoms with Crippen molar-refractivity contribution >= 4 is 5.69 Å². The van der Waals surface area contributed by atoms with Gasteiger partial charge in [0.2, 0.25) is 5.56 Å². The Morgan fingerprint density at radius 3 is 2.77 bits per heavy atom. The van der Waals surface area contributed by atoms with Gasteiger partial charge in [-0.1, -0.05) is 13.8 Å². The number of hydrogen-bond acceptors (Lipinski definition) is 2. The largest absolute Gasteiger partial charge is 0.384 e. The van der Waals surface area contributed by atoms with Gasteiger partial charge in [-0.3, -0.25) is 4.79 Å². The molecule has 0 bridgehead atoms. The normalized spacial score (nSPS) is 10.4. The van der Waals surface area contributed by atoms with Crippen LogP contribution in [0.5, 0.6) is 0 Å². The molecule has 0 amide bonds. The molecule has 0 saturated carbocycles. The third-order valence-electron chi connectivity index (χ3n) is 1.84. The van der Waals surface area contributed by atoms with Crippen molar-refractivity contribution in [2.24, 2.45) is 5.92 Å². The van der Waals surface area contributed by atoms with Crippen LogP contribution in [0.3, 0.4) is 0 Å². The maximum absolute atomic E-state index is 10.7. The Kier molecular flexibility index (Phi) is 3.55. The number of hydrogen-bond donors (Lipinski definition) is 2. The second-order valence-corrected chi connectivity index (χ2v) is 3.55. The van der Waals surface area contributed by atoms with Crippen LogP contribution in [0.15, 0.2) is 23.1 Å². The van der Waals surface area contributed by atoms with Crippen LogP contribution in [-0.2, 0) is 0 Å². The van der Waals surface area contributed by atoms with E-state index in [1.807, 2.05) is 0 Å². The fourth-order valence-corrected chi connectivity index (χ4v) is 1.03. The molecule has 1 aromatic rings. The predicted octanol–water partition coefficient (Wildman–Crippen LogP) is 1.83. The van der Waals surface area contributed by atoms with Gasteiger partial charge in [0.15, 0.2) is 0 Å². The number of anilines is 1. The van der Waals surface area contributed by atoms with Crippen LogP contribution >= 0.6 is 0 Å². The first-order chi connectivity index (χ1) is 6.18. The quantitative estimate of drug-likeness (QED) is 0.742. The minimum absolute atomic E-state index is 0.0607. The van der Waals surface area contributed by atoms with E-state index in [1.54, 1.807) is 12.3 Å². The van der Waals surface area contributed by atoms with E-state index in [1.165, 1.54) is 6.07 Å². The number of aromatic nitrogens is 1. The van der Waals surface area contributed by atoms with E-state index in [4.69, 9.17) is 0 Å². The highest BCUT2D eigenvalue weighted by Crippen LogP contribution is 2.03. The van der Waals surface area contributed by atoms with Crippen LogP contribution in [0.4, 0.5) is 5.69 Å². The fourth-order valence-electron chi connectivity index (χ4n) is 1.03. The third kappa shape index (κ3) is 3.78. The second kappa shape index (κ2) is 4.70. The van der Waals surface area contributed by atoms with Crippen molar-refractivity contribution < 1.29 is 0 Å². The maximum Gasteiger partial charge on any atom is 0.248 e. The first-order valence-corrected chi connectivity index (χ1v) is 4.61. The summed E-state index contributed by atoms with van der Waals surface area (Å²) in [7, 11) is 0. The van der Waals surface area contributed by atoms with Crippen LogP contribution in [0.25, 0.3) is 0 Å². The topological polar surface area (TPSA) is 44.9 Å². The minimum atomic E-state index is -0.0607.